The zero-order chi connectivity index (χ0) is 28.5. The van der Waals surface area contributed by atoms with Crippen LogP contribution in [0.25, 0.3) is 0 Å². The Morgan fingerprint density at radius 1 is 1.23 bits per heavy atom. The number of amides is 2. The number of hydrogen-bond acceptors (Lipinski definition) is 6. The molecule has 0 aliphatic carbocycles. The summed E-state index contributed by atoms with van der Waals surface area (Å²) in [6, 6.07) is 4.91. The number of unbranched alkanes of at least 4 members (excludes halogenated alkanes) is 1. The van der Waals surface area contributed by atoms with E-state index in [2.05, 4.69) is 13.2 Å². The van der Waals surface area contributed by atoms with E-state index in [1.807, 2.05) is 45.9 Å². The van der Waals surface area contributed by atoms with Gasteiger partial charge in [0, 0.05) is 25.4 Å². The molecular weight excluding hydrogens is 496 g/mol. The molecule has 6 atom stereocenters. The topological polar surface area (TPSA) is 96.4 Å². The third-order valence-electron chi connectivity index (χ3n) is 8.94. The Kier molecular flexibility index (Phi) is 8.38. The summed E-state index contributed by atoms with van der Waals surface area (Å²) in [7, 11) is 0. The van der Waals surface area contributed by atoms with Crippen molar-refractivity contribution in [2.75, 3.05) is 31.2 Å². The van der Waals surface area contributed by atoms with E-state index in [4.69, 9.17) is 9.47 Å². The monoisotopic (exact) mass is 538 g/mol. The van der Waals surface area contributed by atoms with Gasteiger partial charge in [0.05, 0.1) is 18.1 Å². The van der Waals surface area contributed by atoms with Gasteiger partial charge >= 0.3 is 5.97 Å². The Balaban J connectivity index is 1.79. The fourth-order valence-corrected chi connectivity index (χ4v) is 7.15. The lowest BCUT2D eigenvalue weighted by Gasteiger charge is -2.38. The average molecular weight is 539 g/mol. The molecule has 0 saturated carbocycles. The van der Waals surface area contributed by atoms with Gasteiger partial charge in [0.25, 0.3) is 5.91 Å². The van der Waals surface area contributed by atoms with Crippen molar-refractivity contribution in [1.82, 2.24) is 4.90 Å². The summed E-state index contributed by atoms with van der Waals surface area (Å²) in [6.07, 6.45) is 5.60. The molecule has 3 fully saturated rings. The predicted octanol–water partition coefficient (Wildman–Crippen LogP) is 3.72. The van der Waals surface area contributed by atoms with Crippen LogP contribution in [0, 0.1) is 31.6 Å². The van der Waals surface area contributed by atoms with Crippen molar-refractivity contribution in [2.45, 2.75) is 70.6 Å². The molecule has 2 bridgehead atoms. The smallest absolute Gasteiger partial charge is 0.312 e. The van der Waals surface area contributed by atoms with Crippen LogP contribution in [0.5, 0.6) is 0 Å². The number of esters is 1. The minimum absolute atomic E-state index is 0.0755. The number of carbonyl (C=O) groups excluding carboxylic acids is 3. The normalized spacial score (nSPS) is 30.8. The second-order valence-electron chi connectivity index (χ2n) is 11.4. The summed E-state index contributed by atoms with van der Waals surface area (Å²) in [6.45, 7) is 15.9. The summed E-state index contributed by atoms with van der Waals surface area (Å²) in [4.78, 5) is 45.5. The SMILES string of the molecule is C=CCCCOC(=O)[C@@H]1[C@H]2C(=O)N(CCCO)C(C(=O)N(CC=C)c3c(C)cccc3C)C23CC(C)[C@@]1(C)O3. The first-order valence-electron chi connectivity index (χ1n) is 14.0. The maximum absolute atomic E-state index is 14.6. The maximum Gasteiger partial charge on any atom is 0.312 e. The Morgan fingerprint density at radius 3 is 2.54 bits per heavy atom. The van der Waals surface area contributed by atoms with E-state index in [-0.39, 0.29) is 44.0 Å². The number of anilines is 1. The van der Waals surface area contributed by atoms with Crippen LogP contribution in [0.2, 0.25) is 0 Å². The van der Waals surface area contributed by atoms with Gasteiger partial charge in [-0.3, -0.25) is 14.4 Å². The lowest BCUT2D eigenvalue weighted by atomic mass is 9.62. The number of benzene rings is 1. The molecule has 1 aromatic rings. The highest BCUT2D eigenvalue weighted by molar-refractivity contribution is 6.05. The average Bonchev–Trinajstić information content (AvgIpc) is 3.40. The fourth-order valence-electron chi connectivity index (χ4n) is 7.15. The second-order valence-corrected chi connectivity index (χ2v) is 11.4. The Morgan fingerprint density at radius 2 is 1.92 bits per heavy atom. The summed E-state index contributed by atoms with van der Waals surface area (Å²) >= 11 is 0. The molecule has 212 valence electrons. The largest absolute Gasteiger partial charge is 0.465 e. The van der Waals surface area contributed by atoms with Crippen LogP contribution in [-0.4, -0.2) is 71.3 Å². The van der Waals surface area contributed by atoms with E-state index in [0.717, 1.165) is 23.2 Å². The van der Waals surface area contributed by atoms with Crippen LogP contribution in [0.1, 0.15) is 50.7 Å². The number of allylic oxidation sites excluding steroid dienone is 1. The molecule has 3 saturated heterocycles. The molecule has 0 radical (unpaired) electrons. The Bertz CT molecular complexity index is 1130. The van der Waals surface area contributed by atoms with Crippen molar-refractivity contribution in [3.63, 3.8) is 0 Å². The van der Waals surface area contributed by atoms with E-state index in [1.54, 1.807) is 22.0 Å². The number of hydrogen-bond donors (Lipinski definition) is 1. The van der Waals surface area contributed by atoms with Crippen molar-refractivity contribution in [3.8, 4) is 0 Å². The standard InChI is InChI=1S/C31H42N2O6/c1-7-9-10-18-38-29(37)24-23-27(35)33(16-12-17-34)26(31(23)19-22(5)30(24,6)39-31)28(36)32(15-8-2)25-20(3)13-11-14-21(25)4/h7-8,11,13-14,22-24,26,34H,1-2,9-10,12,15-19H2,3-6H3/t22?,23-,24-,26?,30+,31?/m0/s1. The highest BCUT2D eigenvalue weighted by Crippen LogP contribution is 2.65. The maximum atomic E-state index is 14.6. The molecule has 3 aliphatic rings. The van der Waals surface area contributed by atoms with Gasteiger partial charge in [0.15, 0.2) is 0 Å². The van der Waals surface area contributed by atoms with Crippen molar-refractivity contribution >= 4 is 23.5 Å². The van der Waals surface area contributed by atoms with Gasteiger partial charge in [-0.15, -0.1) is 13.2 Å². The molecule has 3 aliphatic heterocycles. The lowest BCUT2D eigenvalue weighted by Crippen LogP contribution is -2.57. The van der Waals surface area contributed by atoms with Gasteiger partial charge in [0.2, 0.25) is 5.91 Å². The van der Waals surface area contributed by atoms with E-state index in [9.17, 15) is 19.5 Å². The number of aliphatic hydroxyl groups excluding tert-OH is 1. The number of aryl methyl sites for hydroxylation is 2. The number of para-hydroxylation sites is 1. The third-order valence-corrected chi connectivity index (χ3v) is 8.94. The van der Waals surface area contributed by atoms with E-state index in [1.165, 1.54) is 0 Å². The molecule has 8 nitrogen and oxygen atoms in total. The number of rotatable bonds is 12. The van der Waals surface area contributed by atoms with Gasteiger partial charge in [-0.25, -0.2) is 0 Å². The van der Waals surface area contributed by atoms with Crippen molar-refractivity contribution in [2.24, 2.45) is 17.8 Å². The summed E-state index contributed by atoms with van der Waals surface area (Å²) in [5.41, 5.74) is 0.548. The Hall–Kier alpha value is -2.97. The van der Waals surface area contributed by atoms with Gasteiger partial charge in [0.1, 0.15) is 17.6 Å². The van der Waals surface area contributed by atoms with Crippen LogP contribution in [0.4, 0.5) is 5.69 Å². The second kappa shape index (κ2) is 11.3. The minimum atomic E-state index is -1.17. The highest BCUT2D eigenvalue weighted by Gasteiger charge is 2.80. The number of aliphatic hydroxyl groups is 1. The lowest BCUT2D eigenvalue weighted by molar-refractivity contribution is -0.161. The number of nitrogens with zero attached hydrogens (tertiary/aromatic N) is 2. The van der Waals surface area contributed by atoms with Crippen molar-refractivity contribution in [3.05, 3.63) is 54.6 Å². The highest BCUT2D eigenvalue weighted by atomic mass is 16.6. The third kappa shape index (κ3) is 4.61. The zero-order valence-electron chi connectivity index (χ0n) is 23.7. The fraction of sp³-hybridized carbons (Fsp3) is 0.581. The van der Waals surface area contributed by atoms with Gasteiger partial charge in [-0.2, -0.15) is 0 Å². The number of carbonyl (C=O) groups is 3. The molecule has 1 spiro atoms. The van der Waals surface area contributed by atoms with Gasteiger partial charge in [-0.05, 0) is 63.5 Å². The van der Waals surface area contributed by atoms with Crippen molar-refractivity contribution < 1.29 is 29.0 Å². The van der Waals surface area contributed by atoms with E-state index < -0.39 is 35.0 Å². The molecule has 3 unspecified atom stereocenters. The summed E-state index contributed by atoms with van der Waals surface area (Å²) in [5, 5.41) is 9.62. The van der Waals surface area contributed by atoms with E-state index in [0.29, 0.717) is 19.3 Å². The molecule has 0 aromatic heterocycles. The summed E-state index contributed by atoms with van der Waals surface area (Å²) in [5.74, 6) is -2.74. The molecule has 39 heavy (non-hydrogen) atoms. The predicted molar refractivity (Wildman–Crippen MR) is 149 cm³/mol. The first-order chi connectivity index (χ1) is 18.6. The van der Waals surface area contributed by atoms with Crippen LogP contribution >= 0.6 is 0 Å². The number of likely N-dealkylation sites (tertiary alicyclic amines) is 1. The molecule has 2 amide bonds. The van der Waals surface area contributed by atoms with Crippen LogP contribution in [-0.2, 0) is 23.9 Å². The molecule has 8 heteroatoms. The van der Waals surface area contributed by atoms with Crippen LogP contribution in [0.3, 0.4) is 0 Å². The quantitative estimate of drug-likeness (QED) is 0.248. The van der Waals surface area contributed by atoms with Gasteiger partial charge in [-0.1, -0.05) is 37.3 Å². The number of fused-ring (bicyclic) bond motifs is 1. The first kappa shape index (κ1) is 29.0. The molecule has 3 heterocycles. The minimum Gasteiger partial charge on any atom is -0.465 e. The first-order valence-corrected chi connectivity index (χ1v) is 14.0. The van der Waals surface area contributed by atoms with Crippen LogP contribution in [0.15, 0.2) is 43.5 Å². The molecular formula is C31H42N2O6. The molecule has 1 aromatic carbocycles. The summed E-state index contributed by atoms with van der Waals surface area (Å²) < 4.78 is 12.4. The number of ether oxygens (including phenoxy) is 2. The van der Waals surface area contributed by atoms with Crippen molar-refractivity contribution in [1.29, 1.82) is 0 Å². The van der Waals surface area contributed by atoms with E-state index >= 15 is 0 Å². The molecule has 4 rings (SSSR count). The Labute approximate surface area is 231 Å². The molecule has 1 N–H and O–H groups in total. The van der Waals surface area contributed by atoms with Crippen LogP contribution < -0.4 is 4.90 Å². The zero-order valence-corrected chi connectivity index (χ0v) is 23.7. The van der Waals surface area contributed by atoms with Gasteiger partial charge < -0.3 is 24.4 Å².